The number of hydrogen-bond acceptors (Lipinski definition) is 6. The van der Waals surface area contributed by atoms with Crippen LogP contribution in [0.2, 0.25) is 5.02 Å². The van der Waals surface area contributed by atoms with Crippen LogP contribution in [0.1, 0.15) is 25.3 Å². The Kier molecular flexibility index (Phi) is 7.35. The maximum absolute atomic E-state index is 13.1. The number of halogens is 1. The van der Waals surface area contributed by atoms with E-state index in [9.17, 15) is 28.1 Å². The van der Waals surface area contributed by atoms with E-state index in [1.165, 1.54) is 29.4 Å². The summed E-state index contributed by atoms with van der Waals surface area (Å²) in [7, 11) is -3.94. The van der Waals surface area contributed by atoms with Crippen LogP contribution in [0.25, 0.3) is 0 Å². The average molecular weight is 495 g/mol. The fourth-order valence-electron chi connectivity index (χ4n) is 3.61. The fraction of sp³-hybridized carbons (Fsp3) is 0.333. The topological polar surface area (TPSA) is 139 Å². The molecule has 1 aliphatic heterocycles. The molecule has 2 aromatic carbocycles. The Balaban J connectivity index is 1.66. The minimum absolute atomic E-state index is 0.106. The van der Waals surface area contributed by atoms with E-state index in [4.69, 9.17) is 11.6 Å². The smallest absolute Gasteiger partial charge is 0.270 e. The number of anilines is 2. The molecule has 0 spiro atoms. The monoisotopic (exact) mass is 494 g/mol. The zero-order valence-corrected chi connectivity index (χ0v) is 19.6. The van der Waals surface area contributed by atoms with Gasteiger partial charge in [-0.2, -0.15) is 4.31 Å². The van der Waals surface area contributed by atoms with Gasteiger partial charge in [-0.3, -0.25) is 19.7 Å². The first-order valence-corrected chi connectivity index (χ1v) is 11.9. The van der Waals surface area contributed by atoms with Gasteiger partial charge in [-0.05, 0) is 43.5 Å². The van der Waals surface area contributed by atoms with Crippen LogP contribution >= 0.6 is 11.6 Å². The lowest BCUT2D eigenvalue weighted by molar-refractivity contribution is -0.385. The molecule has 2 N–H and O–H groups in total. The highest BCUT2D eigenvalue weighted by atomic mass is 35.5. The van der Waals surface area contributed by atoms with E-state index in [2.05, 4.69) is 10.6 Å². The van der Waals surface area contributed by atoms with Crippen molar-refractivity contribution in [2.75, 3.05) is 23.7 Å². The molecule has 0 bridgehead atoms. The Morgan fingerprint density at radius 3 is 2.36 bits per heavy atom. The van der Waals surface area contributed by atoms with Gasteiger partial charge < -0.3 is 10.6 Å². The number of carbonyl (C=O) groups is 2. The molecule has 2 aromatic rings. The van der Waals surface area contributed by atoms with Gasteiger partial charge in [0.25, 0.3) is 5.69 Å². The van der Waals surface area contributed by atoms with Gasteiger partial charge in [-0.15, -0.1) is 0 Å². The van der Waals surface area contributed by atoms with Crippen LogP contribution in [0, 0.1) is 23.0 Å². The number of nitro groups is 1. The minimum atomic E-state index is -3.94. The normalized spacial score (nSPS) is 15.1. The van der Waals surface area contributed by atoms with Gasteiger partial charge >= 0.3 is 0 Å². The van der Waals surface area contributed by atoms with Gasteiger partial charge in [-0.25, -0.2) is 8.42 Å². The summed E-state index contributed by atoms with van der Waals surface area (Å²) in [5, 5.41) is 16.7. The number of carbonyl (C=O) groups excluding carboxylic acids is 2. The zero-order valence-electron chi connectivity index (χ0n) is 18.0. The summed E-state index contributed by atoms with van der Waals surface area (Å²) < 4.78 is 27.4. The summed E-state index contributed by atoms with van der Waals surface area (Å²) in [6.07, 6.45) is 0.585. The minimum Gasteiger partial charge on any atom is -0.326 e. The van der Waals surface area contributed by atoms with Crippen molar-refractivity contribution < 1.29 is 22.9 Å². The average Bonchev–Trinajstić information content (AvgIpc) is 2.75. The Bertz CT molecular complexity index is 1210. The van der Waals surface area contributed by atoms with Crippen molar-refractivity contribution in [3.05, 3.63) is 57.1 Å². The number of amides is 2. The summed E-state index contributed by atoms with van der Waals surface area (Å²) in [5.74, 6) is -0.952. The highest BCUT2D eigenvalue weighted by Crippen LogP contribution is 2.30. The maximum Gasteiger partial charge on any atom is 0.270 e. The number of nitrogens with one attached hydrogen (secondary N) is 2. The highest BCUT2D eigenvalue weighted by Gasteiger charge is 2.33. The van der Waals surface area contributed by atoms with Crippen molar-refractivity contribution in [2.45, 2.75) is 31.6 Å². The molecule has 2 amide bonds. The lowest BCUT2D eigenvalue weighted by Crippen LogP contribution is -2.41. The Morgan fingerprint density at radius 1 is 1.12 bits per heavy atom. The van der Waals surface area contributed by atoms with Gasteiger partial charge in [0.1, 0.15) is 0 Å². The molecule has 0 atom stereocenters. The number of benzene rings is 2. The third-order valence-corrected chi connectivity index (χ3v) is 7.73. The largest absolute Gasteiger partial charge is 0.326 e. The number of aryl methyl sites for hydroxylation is 1. The van der Waals surface area contributed by atoms with E-state index in [0.717, 1.165) is 6.07 Å². The quantitative estimate of drug-likeness (QED) is 0.465. The molecule has 10 nitrogen and oxygen atoms in total. The first-order chi connectivity index (χ1) is 15.5. The second-order valence-corrected chi connectivity index (χ2v) is 10.1. The van der Waals surface area contributed by atoms with Gasteiger partial charge in [0, 0.05) is 43.8 Å². The van der Waals surface area contributed by atoms with Crippen molar-refractivity contribution in [3.63, 3.8) is 0 Å². The van der Waals surface area contributed by atoms with Crippen LogP contribution in [0.15, 0.2) is 41.3 Å². The summed E-state index contributed by atoms with van der Waals surface area (Å²) in [6.45, 7) is 3.17. The van der Waals surface area contributed by atoms with Crippen molar-refractivity contribution >= 4 is 50.5 Å². The number of sulfonamides is 1. The number of hydrogen-bond donors (Lipinski definition) is 2. The molecule has 33 heavy (non-hydrogen) atoms. The van der Waals surface area contributed by atoms with Crippen LogP contribution in [-0.4, -0.2) is 42.6 Å². The van der Waals surface area contributed by atoms with E-state index in [1.807, 2.05) is 0 Å². The molecule has 0 aliphatic carbocycles. The molecular weight excluding hydrogens is 472 g/mol. The number of nitrogens with zero attached hydrogens (tertiary/aromatic N) is 2. The van der Waals surface area contributed by atoms with Gasteiger partial charge in [0.15, 0.2) is 0 Å². The molecule has 3 rings (SSSR count). The Hall–Kier alpha value is -3.02. The van der Waals surface area contributed by atoms with Crippen molar-refractivity contribution in [1.29, 1.82) is 0 Å². The molecule has 1 fully saturated rings. The summed E-state index contributed by atoms with van der Waals surface area (Å²) in [5.41, 5.74) is 1.01. The molecule has 1 heterocycles. The number of piperidine rings is 1. The van der Waals surface area contributed by atoms with E-state index in [-0.39, 0.29) is 40.5 Å². The van der Waals surface area contributed by atoms with E-state index in [1.54, 1.807) is 19.1 Å². The lowest BCUT2D eigenvalue weighted by Gasteiger charge is -2.31. The van der Waals surface area contributed by atoms with Crippen LogP contribution in [-0.2, 0) is 19.6 Å². The van der Waals surface area contributed by atoms with Crippen LogP contribution in [0.5, 0.6) is 0 Å². The molecular formula is C21H23ClN4O6S. The molecule has 1 aliphatic rings. The first-order valence-electron chi connectivity index (χ1n) is 10.1. The molecule has 0 radical (unpaired) electrons. The zero-order chi connectivity index (χ0) is 24.3. The molecule has 0 unspecified atom stereocenters. The number of nitro benzene ring substituents is 1. The fourth-order valence-corrected chi connectivity index (χ4v) is 5.55. The third kappa shape index (κ3) is 5.67. The standard InChI is InChI=1S/C21H23ClN4O6S/c1-13-3-5-17(26(29)30)12-20(13)33(31,32)25-9-7-15(8-10-25)21(28)24-19-6-4-16(11-18(19)22)23-14(2)27/h3-6,11-12,15H,7-10H2,1-2H3,(H,23,27)(H,24,28). The molecule has 1 saturated heterocycles. The summed E-state index contributed by atoms with van der Waals surface area (Å²) in [4.78, 5) is 34.2. The van der Waals surface area contributed by atoms with Crippen LogP contribution in [0.4, 0.5) is 17.1 Å². The van der Waals surface area contributed by atoms with Crippen LogP contribution in [0.3, 0.4) is 0 Å². The summed E-state index contributed by atoms with van der Waals surface area (Å²) in [6, 6.07) is 8.45. The predicted molar refractivity (Wildman–Crippen MR) is 124 cm³/mol. The van der Waals surface area contributed by atoms with Crippen molar-refractivity contribution in [3.8, 4) is 0 Å². The Labute approximate surface area is 196 Å². The third-order valence-electron chi connectivity index (χ3n) is 5.37. The van der Waals surface area contributed by atoms with E-state index in [0.29, 0.717) is 29.8 Å². The Morgan fingerprint density at radius 2 is 1.79 bits per heavy atom. The van der Waals surface area contributed by atoms with Gasteiger partial charge in [0.2, 0.25) is 21.8 Å². The number of non-ortho nitro benzene ring substituents is 1. The maximum atomic E-state index is 13.1. The molecule has 0 saturated carbocycles. The van der Waals surface area contributed by atoms with E-state index >= 15 is 0 Å². The molecule has 0 aromatic heterocycles. The molecule has 12 heteroatoms. The van der Waals surface area contributed by atoms with E-state index < -0.39 is 20.9 Å². The first kappa shape index (κ1) is 24.6. The van der Waals surface area contributed by atoms with Gasteiger partial charge in [-0.1, -0.05) is 17.7 Å². The van der Waals surface area contributed by atoms with Crippen LogP contribution < -0.4 is 10.6 Å². The second kappa shape index (κ2) is 9.86. The highest BCUT2D eigenvalue weighted by molar-refractivity contribution is 7.89. The lowest BCUT2D eigenvalue weighted by atomic mass is 9.97. The molecule has 176 valence electrons. The SMILES string of the molecule is CC(=O)Nc1ccc(NC(=O)C2CCN(S(=O)(=O)c3cc([N+](=O)[O-])ccc3C)CC2)c(Cl)c1. The summed E-state index contributed by atoms with van der Waals surface area (Å²) >= 11 is 6.19. The van der Waals surface area contributed by atoms with Crippen molar-refractivity contribution in [1.82, 2.24) is 4.31 Å². The van der Waals surface area contributed by atoms with Gasteiger partial charge in [0.05, 0.1) is 20.5 Å². The predicted octanol–water partition coefficient (Wildman–Crippen LogP) is 3.55. The number of rotatable bonds is 6. The second-order valence-electron chi connectivity index (χ2n) is 7.75. The van der Waals surface area contributed by atoms with Crippen molar-refractivity contribution in [2.24, 2.45) is 5.92 Å².